The number of benzene rings is 1. The van der Waals surface area contributed by atoms with E-state index in [2.05, 4.69) is 46.3 Å². The number of fused-ring (bicyclic) bond motifs is 1. The predicted molar refractivity (Wildman–Crippen MR) is 67.5 cm³/mol. The normalized spacial score (nSPS) is 17.8. The van der Waals surface area contributed by atoms with Gasteiger partial charge >= 0.3 is 0 Å². The molecule has 0 radical (unpaired) electrons. The predicted octanol–water partition coefficient (Wildman–Crippen LogP) is 2.25. The molecule has 2 heterocycles. The highest BCUT2D eigenvalue weighted by Crippen LogP contribution is 2.23. The molecule has 0 saturated heterocycles. The molecule has 4 heteroatoms. The van der Waals surface area contributed by atoms with Crippen LogP contribution < -0.4 is 10.9 Å². The fourth-order valence-electron chi connectivity index (χ4n) is 2.21. The molecule has 1 unspecified atom stereocenters. The van der Waals surface area contributed by atoms with Gasteiger partial charge in [-0.1, -0.05) is 30.3 Å². The van der Waals surface area contributed by atoms with Crippen LogP contribution in [0.2, 0.25) is 0 Å². The van der Waals surface area contributed by atoms with Crippen LogP contribution in [0.1, 0.15) is 23.8 Å². The first-order valence-electron chi connectivity index (χ1n) is 5.94. The van der Waals surface area contributed by atoms with Crippen LogP contribution in [-0.2, 0) is 6.42 Å². The van der Waals surface area contributed by atoms with Gasteiger partial charge in [-0.2, -0.15) is 5.10 Å². The van der Waals surface area contributed by atoms with Crippen molar-refractivity contribution in [3.8, 4) is 0 Å². The molecule has 0 saturated carbocycles. The van der Waals surface area contributed by atoms with Crippen LogP contribution in [0.4, 0.5) is 5.82 Å². The van der Waals surface area contributed by atoms with Crippen LogP contribution in [0.5, 0.6) is 0 Å². The van der Waals surface area contributed by atoms with Crippen molar-refractivity contribution >= 4 is 5.82 Å². The van der Waals surface area contributed by atoms with E-state index in [1.807, 2.05) is 17.7 Å². The van der Waals surface area contributed by atoms with Crippen molar-refractivity contribution in [2.45, 2.75) is 25.9 Å². The Morgan fingerprint density at radius 1 is 1.29 bits per heavy atom. The Labute approximate surface area is 101 Å². The van der Waals surface area contributed by atoms with Gasteiger partial charge in [0.15, 0.2) is 0 Å². The topological polar surface area (TPSA) is 41.9 Å². The van der Waals surface area contributed by atoms with E-state index in [4.69, 9.17) is 0 Å². The molecule has 1 aromatic heterocycles. The van der Waals surface area contributed by atoms with Crippen molar-refractivity contribution < 1.29 is 0 Å². The van der Waals surface area contributed by atoms with Crippen LogP contribution >= 0.6 is 0 Å². The van der Waals surface area contributed by atoms with Gasteiger partial charge in [0.1, 0.15) is 12.0 Å². The molecule has 2 aromatic rings. The van der Waals surface area contributed by atoms with Crippen LogP contribution in [0.3, 0.4) is 0 Å². The molecule has 2 N–H and O–H groups in total. The van der Waals surface area contributed by atoms with Crippen molar-refractivity contribution in [3.63, 3.8) is 0 Å². The van der Waals surface area contributed by atoms with Gasteiger partial charge in [0.25, 0.3) is 0 Å². The standard InChI is InChI=1S/C13H16N4/c1-10-9-13-15-14-12(17(13)16-10)8-7-11-5-3-2-4-6-11/h2-6,9,12,14-15H,7-8H2,1H3. The number of rotatable bonds is 3. The minimum Gasteiger partial charge on any atom is -0.304 e. The molecule has 1 aromatic carbocycles. The third-order valence-electron chi connectivity index (χ3n) is 3.07. The lowest BCUT2D eigenvalue weighted by atomic mass is 10.1. The van der Waals surface area contributed by atoms with E-state index in [1.54, 1.807) is 0 Å². The Bertz CT molecular complexity index is 503. The lowest BCUT2D eigenvalue weighted by Gasteiger charge is -2.11. The summed E-state index contributed by atoms with van der Waals surface area (Å²) in [6, 6.07) is 12.6. The molecule has 0 bridgehead atoms. The van der Waals surface area contributed by atoms with E-state index in [-0.39, 0.29) is 6.17 Å². The quantitative estimate of drug-likeness (QED) is 0.846. The van der Waals surface area contributed by atoms with Crippen molar-refractivity contribution in [2.24, 2.45) is 0 Å². The zero-order valence-corrected chi connectivity index (χ0v) is 9.85. The number of anilines is 1. The molecule has 1 aliphatic heterocycles. The minimum absolute atomic E-state index is 0.249. The number of hydrogen-bond donors (Lipinski definition) is 2. The lowest BCUT2D eigenvalue weighted by molar-refractivity contribution is 0.413. The van der Waals surface area contributed by atoms with E-state index in [9.17, 15) is 0 Å². The Kier molecular flexibility index (Phi) is 2.57. The maximum Gasteiger partial charge on any atom is 0.140 e. The van der Waals surface area contributed by atoms with E-state index < -0.39 is 0 Å². The fourth-order valence-corrected chi connectivity index (χ4v) is 2.21. The average Bonchev–Trinajstić information content (AvgIpc) is 2.87. The van der Waals surface area contributed by atoms with Crippen LogP contribution in [-0.4, -0.2) is 9.78 Å². The Morgan fingerprint density at radius 3 is 2.94 bits per heavy atom. The van der Waals surface area contributed by atoms with Gasteiger partial charge in [-0.05, 0) is 25.3 Å². The summed E-state index contributed by atoms with van der Waals surface area (Å²) in [7, 11) is 0. The van der Waals surface area contributed by atoms with Gasteiger partial charge < -0.3 is 5.43 Å². The Balaban J connectivity index is 1.68. The molecule has 0 amide bonds. The zero-order valence-electron chi connectivity index (χ0n) is 9.85. The van der Waals surface area contributed by atoms with Crippen molar-refractivity contribution in [1.82, 2.24) is 15.2 Å². The smallest absolute Gasteiger partial charge is 0.140 e. The van der Waals surface area contributed by atoms with Gasteiger partial charge in [0.2, 0.25) is 0 Å². The Morgan fingerprint density at radius 2 is 2.12 bits per heavy atom. The van der Waals surface area contributed by atoms with Gasteiger partial charge in [0, 0.05) is 6.07 Å². The molecule has 1 atom stereocenters. The minimum atomic E-state index is 0.249. The number of hydrogen-bond acceptors (Lipinski definition) is 3. The van der Waals surface area contributed by atoms with Crippen LogP contribution in [0, 0.1) is 6.92 Å². The molecule has 1 aliphatic rings. The average molecular weight is 228 g/mol. The monoisotopic (exact) mass is 228 g/mol. The lowest BCUT2D eigenvalue weighted by Crippen LogP contribution is -2.23. The van der Waals surface area contributed by atoms with E-state index in [0.29, 0.717) is 0 Å². The molecule has 0 aliphatic carbocycles. The summed E-state index contributed by atoms with van der Waals surface area (Å²) < 4.78 is 2.03. The summed E-state index contributed by atoms with van der Waals surface area (Å²) in [6.45, 7) is 2.02. The highest BCUT2D eigenvalue weighted by atomic mass is 15.6. The Hall–Kier alpha value is -1.81. The van der Waals surface area contributed by atoms with Crippen LogP contribution in [0.15, 0.2) is 36.4 Å². The highest BCUT2D eigenvalue weighted by Gasteiger charge is 2.21. The van der Waals surface area contributed by atoms with Crippen molar-refractivity contribution in [3.05, 3.63) is 47.7 Å². The second kappa shape index (κ2) is 4.22. The summed E-state index contributed by atoms with van der Waals surface area (Å²) in [4.78, 5) is 0. The van der Waals surface area contributed by atoms with Gasteiger partial charge in [0.05, 0.1) is 5.69 Å². The number of aromatic nitrogens is 2. The van der Waals surface area contributed by atoms with Gasteiger partial charge in [-0.3, -0.25) is 0 Å². The molecular formula is C13H16N4. The third kappa shape index (κ3) is 2.03. The maximum absolute atomic E-state index is 4.48. The molecular weight excluding hydrogens is 212 g/mol. The first-order valence-corrected chi connectivity index (χ1v) is 5.94. The molecule has 0 spiro atoms. The zero-order chi connectivity index (χ0) is 11.7. The first kappa shape index (κ1) is 10.4. The van der Waals surface area contributed by atoms with E-state index in [0.717, 1.165) is 24.4 Å². The first-order chi connectivity index (χ1) is 8.33. The van der Waals surface area contributed by atoms with Crippen molar-refractivity contribution in [2.75, 3.05) is 5.43 Å². The number of nitrogens with zero attached hydrogens (tertiary/aromatic N) is 2. The number of nitrogens with one attached hydrogen (secondary N) is 2. The van der Waals surface area contributed by atoms with E-state index >= 15 is 0 Å². The maximum atomic E-state index is 4.48. The van der Waals surface area contributed by atoms with Crippen LogP contribution in [0.25, 0.3) is 0 Å². The van der Waals surface area contributed by atoms with Gasteiger partial charge in [-0.15, -0.1) is 0 Å². The molecule has 88 valence electrons. The third-order valence-corrected chi connectivity index (χ3v) is 3.07. The second-order valence-electron chi connectivity index (χ2n) is 4.42. The molecule has 0 fully saturated rings. The second-order valence-corrected chi connectivity index (χ2v) is 4.42. The molecule has 17 heavy (non-hydrogen) atoms. The SMILES string of the molecule is Cc1cc2n(n1)C(CCc1ccccc1)NN2. The number of aryl methyl sites for hydroxylation is 2. The molecule has 3 rings (SSSR count). The van der Waals surface area contributed by atoms with E-state index in [1.165, 1.54) is 5.56 Å². The summed E-state index contributed by atoms with van der Waals surface area (Å²) in [5.41, 5.74) is 8.83. The fraction of sp³-hybridized carbons (Fsp3) is 0.308. The van der Waals surface area contributed by atoms with Gasteiger partial charge in [-0.25, -0.2) is 10.1 Å². The summed E-state index contributed by atoms with van der Waals surface area (Å²) in [6.07, 6.45) is 2.34. The van der Waals surface area contributed by atoms with Crippen molar-refractivity contribution in [1.29, 1.82) is 0 Å². The summed E-state index contributed by atoms with van der Waals surface area (Å²) in [5, 5.41) is 4.48. The summed E-state index contributed by atoms with van der Waals surface area (Å²) in [5.74, 6) is 1.06. The summed E-state index contributed by atoms with van der Waals surface area (Å²) >= 11 is 0. The largest absolute Gasteiger partial charge is 0.304 e. The number of hydrazine groups is 1. The molecule has 4 nitrogen and oxygen atoms in total. The highest BCUT2D eigenvalue weighted by molar-refractivity contribution is 5.38.